The van der Waals surface area contributed by atoms with Crippen molar-refractivity contribution in [3.8, 4) is 0 Å². The van der Waals surface area contributed by atoms with Crippen LogP contribution in [-0.4, -0.2) is 18.4 Å². The third-order valence-electron chi connectivity index (χ3n) is 2.40. The molecule has 0 spiro atoms. The van der Waals surface area contributed by atoms with Gasteiger partial charge in [-0.3, -0.25) is 4.79 Å². The predicted molar refractivity (Wildman–Crippen MR) is 71.2 cm³/mol. The predicted octanol–water partition coefficient (Wildman–Crippen LogP) is 3.47. The second-order valence-electron chi connectivity index (χ2n) is 3.75. The van der Waals surface area contributed by atoms with Gasteiger partial charge in [0.05, 0.1) is 12.2 Å². The highest BCUT2D eigenvalue weighted by molar-refractivity contribution is 6.31. The molecule has 0 aliphatic heterocycles. The highest BCUT2D eigenvalue weighted by Gasteiger charge is 2.22. The van der Waals surface area contributed by atoms with Crippen LogP contribution < -0.4 is 0 Å². The summed E-state index contributed by atoms with van der Waals surface area (Å²) < 4.78 is 4.93. The van der Waals surface area contributed by atoms with Gasteiger partial charge in [0.25, 0.3) is 0 Å². The molecule has 0 amide bonds. The van der Waals surface area contributed by atoms with Crippen LogP contribution in [0, 0.1) is 0 Å². The van der Waals surface area contributed by atoms with Crippen molar-refractivity contribution in [2.24, 2.45) is 0 Å². The molecule has 18 heavy (non-hydrogen) atoms. The van der Waals surface area contributed by atoms with Crippen LogP contribution >= 0.6 is 23.2 Å². The Labute approximate surface area is 116 Å². The molecule has 0 radical (unpaired) electrons. The highest BCUT2D eigenvalue weighted by Crippen LogP contribution is 2.27. The summed E-state index contributed by atoms with van der Waals surface area (Å²) in [4.78, 5) is 23.1. The van der Waals surface area contributed by atoms with Crippen LogP contribution in [-0.2, 0) is 15.4 Å². The molecule has 1 aromatic carbocycles. The van der Waals surface area contributed by atoms with Crippen molar-refractivity contribution in [1.29, 1.82) is 0 Å². The summed E-state index contributed by atoms with van der Waals surface area (Å²) in [6.07, 6.45) is 0. The third-order valence-corrected chi connectivity index (χ3v) is 3.25. The molecule has 0 N–H and O–H groups in total. The quantitative estimate of drug-likeness (QED) is 0.615. The van der Waals surface area contributed by atoms with E-state index in [1.807, 2.05) is 0 Å². The Morgan fingerprint density at radius 2 is 2.06 bits per heavy atom. The second kappa shape index (κ2) is 6.76. The largest absolute Gasteiger partial charge is 0.462 e. The lowest BCUT2D eigenvalue weighted by Gasteiger charge is -2.13. The zero-order valence-corrected chi connectivity index (χ0v) is 11.7. The molecular formula is C13H14Cl2O3. The molecular weight excluding hydrogens is 275 g/mol. The van der Waals surface area contributed by atoms with Crippen molar-refractivity contribution >= 4 is 35.0 Å². The lowest BCUT2D eigenvalue weighted by atomic mass is 10.00. The number of benzene rings is 1. The fraction of sp³-hybridized carbons (Fsp3) is 0.385. The molecule has 0 saturated heterocycles. The number of esters is 1. The fourth-order valence-corrected chi connectivity index (χ4v) is 1.87. The number of hydrogen-bond donors (Lipinski definition) is 0. The molecule has 1 unspecified atom stereocenters. The molecule has 0 bridgehead atoms. The average molecular weight is 289 g/mol. The Kier molecular flexibility index (Phi) is 5.63. The summed E-state index contributed by atoms with van der Waals surface area (Å²) in [7, 11) is 0. The number of ketones is 1. The first kappa shape index (κ1) is 15.0. The molecule has 0 aromatic heterocycles. The van der Waals surface area contributed by atoms with Crippen LogP contribution in [0.5, 0.6) is 0 Å². The first-order valence-corrected chi connectivity index (χ1v) is 6.48. The SMILES string of the molecule is CCOC(=O)c1ccc(CCl)cc1C(Cl)C(C)=O. The molecule has 1 rings (SSSR count). The van der Waals surface area contributed by atoms with Gasteiger partial charge in [0.15, 0.2) is 5.78 Å². The van der Waals surface area contributed by atoms with Gasteiger partial charge in [0, 0.05) is 5.88 Å². The molecule has 0 saturated carbocycles. The molecule has 98 valence electrons. The first-order valence-electron chi connectivity index (χ1n) is 5.51. The summed E-state index contributed by atoms with van der Waals surface area (Å²) in [5.41, 5.74) is 1.55. The zero-order chi connectivity index (χ0) is 13.7. The van der Waals surface area contributed by atoms with E-state index >= 15 is 0 Å². The van der Waals surface area contributed by atoms with Crippen molar-refractivity contribution in [1.82, 2.24) is 0 Å². The number of ether oxygens (including phenoxy) is 1. The minimum atomic E-state index is -0.868. The van der Waals surface area contributed by atoms with Crippen molar-refractivity contribution in [3.05, 3.63) is 34.9 Å². The van der Waals surface area contributed by atoms with E-state index in [0.717, 1.165) is 5.56 Å². The van der Waals surface area contributed by atoms with Gasteiger partial charge in [0.2, 0.25) is 0 Å². The lowest BCUT2D eigenvalue weighted by Crippen LogP contribution is -2.12. The standard InChI is InChI=1S/C13H14Cl2O3/c1-3-18-13(17)10-5-4-9(7-14)6-11(10)12(15)8(2)16/h4-6,12H,3,7H2,1-2H3. The number of halogens is 2. The van der Waals surface area contributed by atoms with E-state index in [9.17, 15) is 9.59 Å². The summed E-state index contributed by atoms with van der Waals surface area (Å²) in [5.74, 6) is -0.424. The number of rotatable bonds is 5. The number of Topliss-reactive ketones (excluding diaryl/α,β-unsaturated/α-hetero) is 1. The van der Waals surface area contributed by atoms with E-state index in [0.29, 0.717) is 11.1 Å². The highest BCUT2D eigenvalue weighted by atomic mass is 35.5. The topological polar surface area (TPSA) is 43.4 Å². The molecule has 0 heterocycles. The Bertz CT molecular complexity index is 458. The van der Waals surface area contributed by atoms with Gasteiger partial charge in [-0.1, -0.05) is 12.1 Å². The Morgan fingerprint density at radius 1 is 1.39 bits per heavy atom. The summed E-state index contributed by atoms with van der Waals surface area (Å²) in [6, 6.07) is 4.97. The van der Waals surface area contributed by atoms with E-state index in [-0.39, 0.29) is 18.3 Å². The van der Waals surface area contributed by atoms with Crippen molar-refractivity contribution in [2.45, 2.75) is 25.1 Å². The molecule has 3 nitrogen and oxygen atoms in total. The van der Waals surface area contributed by atoms with Crippen LogP contribution in [0.4, 0.5) is 0 Å². The van der Waals surface area contributed by atoms with Crippen LogP contribution in [0.3, 0.4) is 0 Å². The maximum atomic E-state index is 11.8. The third kappa shape index (κ3) is 3.47. The second-order valence-corrected chi connectivity index (χ2v) is 4.45. The maximum absolute atomic E-state index is 11.8. The van der Waals surface area contributed by atoms with Crippen LogP contribution in [0.2, 0.25) is 0 Å². The summed E-state index contributed by atoms with van der Waals surface area (Å²) >= 11 is 11.8. The zero-order valence-electron chi connectivity index (χ0n) is 10.2. The monoisotopic (exact) mass is 288 g/mol. The first-order chi connectivity index (χ1) is 8.51. The molecule has 0 fully saturated rings. The van der Waals surface area contributed by atoms with Gasteiger partial charge in [0.1, 0.15) is 5.38 Å². The number of carbonyl (C=O) groups excluding carboxylic acids is 2. The molecule has 5 heteroatoms. The van der Waals surface area contributed by atoms with E-state index < -0.39 is 11.3 Å². The number of carbonyl (C=O) groups is 2. The van der Waals surface area contributed by atoms with Gasteiger partial charge in [-0.2, -0.15) is 0 Å². The van der Waals surface area contributed by atoms with Gasteiger partial charge in [-0.25, -0.2) is 4.79 Å². The van der Waals surface area contributed by atoms with E-state index in [1.54, 1.807) is 25.1 Å². The Morgan fingerprint density at radius 3 is 2.56 bits per heavy atom. The average Bonchev–Trinajstić information content (AvgIpc) is 2.37. The van der Waals surface area contributed by atoms with E-state index in [2.05, 4.69) is 0 Å². The number of alkyl halides is 2. The van der Waals surface area contributed by atoms with Gasteiger partial charge < -0.3 is 4.74 Å². The van der Waals surface area contributed by atoms with Crippen molar-refractivity contribution in [3.63, 3.8) is 0 Å². The normalized spacial score (nSPS) is 12.0. The fourth-order valence-electron chi connectivity index (χ4n) is 1.52. The van der Waals surface area contributed by atoms with Gasteiger partial charge >= 0.3 is 5.97 Å². The summed E-state index contributed by atoms with van der Waals surface area (Å²) in [5, 5.41) is -0.868. The molecule has 0 aliphatic carbocycles. The maximum Gasteiger partial charge on any atom is 0.338 e. The van der Waals surface area contributed by atoms with Gasteiger partial charge in [-0.05, 0) is 31.0 Å². The Balaban J connectivity index is 3.24. The molecule has 1 aromatic rings. The minimum absolute atomic E-state index is 0.228. The van der Waals surface area contributed by atoms with Crippen LogP contribution in [0.1, 0.15) is 40.7 Å². The van der Waals surface area contributed by atoms with Gasteiger partial charge in [-0.15, -0.1) is 23.2 Å². The Hall–Kier alpha value is -1.06. The number of hydrogen-bond acceptors (Lipinski definition) is 3. The van der Waals surface area contributed by atoms with Crippen LogP contribution in [0.25, 0.3) is 0 Å². The van der Waals surface area contributed by atoms with Crippen molar-refractivity contribution < 1.29 is 14.3 Å². The molecule has 0 aliphatic rings. The van der Waals surface area contributed by atoms with E-state index in [1.165, 1.54) is 6.92 Å². The van der Waals surface area contributed by atoms with Crippen LogP contribution in [0.15, 0.2) is 18.2 Å². The lowest BCUT2D eigenvalue weighted by molar-refractivity contribution is -0.116. The van der Waals surface area contributed by atoms with Crippen molar-refractivity contribution in [2.75, 3.05) is 6.61 Å². The minimum Gasteiger partial charge on any atom is -0.462 e. The smallest absolute Gasteiger partial charge is 0.338 e. The summed E-state index contributed by atoms with van der Waals surface area (Å²) in [6.45, 7) is 3.36. The molecule has 1 atom stereocenters. The van der Waals surface area contributed by atoms with E-state index in [4.69, 9.17) is 27.9 Å².